The van der Waals surface area contributed by atoms with E-state index < -0.39 is 5.97 Å². The van der Waals surface area contributed by atoms with Crippen LogP contribution in [-0.2, 0) is 11.2 Å². The average molecular weight is 303 g/mol. The van der Waals surface area contributed by atoms with E-state index in [1.807, 2.05) is 36.4 Å². The fourth-order valence-corrected chi connectivity index (χ4v) is 3.47. The second kappa shape index (κ2) is 5.00. The molecular formula is C16H11ClO2S. The maximum atomic E-state index is 11.0. The Bertz CT molecular complexity index is 737. The zero-order valence-corrected chi connectivity index (χ0v) is 12.1. The van der Waals surface area contributed by atoms with E-state index in [9.17, 15) is 4.79 Å². The van der Waals surface area contributed by atoms with Gasteiger partial charge in [-0.1, -0.05) is 36.0 Å². The topological polar surface area (TPSA) is 37.3 Å². The zero-order valence-electron chi connectivity index (χ0n) is 10.5. The van der Waals surface area contributed by atoms with Gasteiger partial charge in [0.05, 0.1) is 5.57 Å². The fraction of sp³-hybridized carbons (Fsp3) is 0.0625. The normalized spacial score (nSPS) is 12.4. The Labute approximate surface area is 126 Å². The van der Waals surface area contributed by atoms with E-state index in [1.54, 1.807) is 11.8 Å². The third kappa shape index (κ3) is 2.35. The van der Waals surface area contributed by atoms with Crippen molar-refractivity contribution in [1.82, 2.24) is 0 Å². The van der Waals surface area contributed by atoms with E-state index in [0.29, 0.717) is 5.56 Å². The summed E-state index contributed by atoms with van der Waals surface area (Å²) in [6.45, 7) is 3.60. The van der Waals surface area contributed by atoms with Crippen molar-refractivity contribution in [2.45, 2.75) is 16.2 Å². The van der Waals surface area contributed by atoms with Gasteiger partial charge < -0.3 is 5.11 Å². The van der Waals surface area contributed by atoms with Crippen LogP contribution in [0.25, 0.3) is 5.57 Å². The number of fused-ring (bicyclic) bond motifs is 2. The molecule has 20 heavy (non-hydrogen) atoms. The van der Waals surface area contributed by atoms with Crippen LogP contribution in [-0.4, -0.2) is 11.1 Å². The Balaban J connectivity index is 2.01. The predicted molar refractivity (Wildman–Crippen MR) is 81.5 cm³/mol. The fourth-order valence-electron chi connectivity index (χ4n) is 2.24. The Hall–Kier alpha value is -1.71. The van der Waals surface area contributed by atoms with Crippen LogP contribution < -0.4 is 0 Å². The number of rotatable bonds is 2. The van der Waals surface area contributed by atoms with Crippen LogP contribution in [0, 0.1) is 0 Å². The smallest absolute Gasteiger partial charge is 0.335 e. The molecule has 3 rings (SSSR count). The van der Waals surface area contributed by atoms with E-state index in [1.165, 1.54) is 10.5 Å². The molecule has 0 spiro atoms. The van der Waals surface area contributed by atoms with Crippen molar-refractivity contribution in [2.75, 3.05) is 0 Å². The standard InChI is InChI=1S/C16H11ClO2S/c1-9(16(18)19)10-2-4-14-11(6-10)7-12-8-13(17)3-5-15(12)20-14/h2-6,8H,1,7H2,(H,18,19). The molecular weight excluding hydrogens is 292 g/mol. The molecule has 4 heteroatoms. The number of hydrogen-bond acceptors (Lipinski definition) is 2. The molecule has 0 saturated carbocycles. The van der Waals surface area contributed by atoms with Gasteiger partial charge in [0.2, 0.25) is 0 Å². The minimum absolute atomic E-state index is 0.120. The van der Waals surface area contributed by atoms with Crippen LogP contribution in [0.15, 0.2) is 52.8 Å². The molecule has 0 amide bonds. The van der Waals surface area contributed by atoms with Gasteiger partial charge in [0, 0.05) is 14.8 Å². The second-order valence-corrected chi connectivity index (χ2v) is 6.16. The number of aliphatic carboxylic acids is 1. The first-order chi connectivity index (χ1) is 9.54. The van der Waals surface area contributed by atoms with Gasteiger partial charge in [0.1, 0.15) is 0 Å². The molecule has 0 aromatic heterocycles. The van der Waals surface area contributed by atoms with Crippen LogP contribution in [0.3, 0.4) is 0 Å². The lowest BCUT2D eigenvalue weighted by atomic mass is 9.99. The van der Waals surface area contributed by atoms with Gasteiger partial charge >= 0.3 is 5.97 Å². The van der Waals surface area contributed by atoms with Crippen LogP contribution >= 0.6 is 23.4 Å². The monoisotopic (exact) mass is 302 g/mol. The Morgan fingerprint density at radius 2 is 1.80 bits per heavy atom. The lowest BCUT2D eigenvalue weighted by Gasteiger charge is -2.20. The van der Waals surface area contributed by atoms with Crippen LogP contribution in [0.5, 0.6) is 0 Å². The van der Waals surface area contributed by atoms with Gasteiger partial charge in [-0.15, -0.1) is 0 Å². The summed E-state index contributed by atoms with van der Waals surface area (Å²) in [5.74, 6) is -0.989. The minimum Gasteiger partial charge on any atom is -0.478 e. The molecule has 2 nitrogen and oxygen atoms in total. The van der Waals surface area contributed by atoms with E-state index in [0.717, 1.165) is 21.9 Å². The van der Waals surface area contributed by atoms with Gasteiger partial charge in [-0.05, 0) is 53.4 Å². The van der Waals surface area contributed by atoms with Crippen molar-refractivity contribution >= 4 is 34.9 Å². The average Bonchev–Trinajstić information content (AvgIpc) is 2.43. The molecule has 0 atom stereocenters. The maximum absolute atomic E-state index is 11.0. The number of carboxylic acids is 1. The summed E-state index contributed by atoms with van der Waals surface area (Å²) >= 11 is 7.71. The predicted octanol–water partition coefficient (Wildman–Crippen LogP) is 4.49. The van der Waals surface area contributed by atoms with Gasteiger partial charge in [0.15, 0.2) is 0 Å². The quantitative estimate of drug-likeness (QED) is 0.709. The van der Waals surface area contributed by atoms with Crippen molar-refractivity contribution in [3.05, 3.63) is 64.7 Å². The molecule has 100 valence electrons. The summed E-state index contributed by atoms with van der Waals surface area (Å²) in [7, 11) is 0. The van der Waals surface area contributed by atoms with Crippen molar-refractivity contribution < 1.29 is 9.90 Å². The first kappa shape index (κ1) is 13.3. The largest absolute Gasteiger partial charge is 0.478 e. The summed E-state index contributed by atoms with van der Waals surface area (Å²) in [4.78, 5) is 13.3. The molecule has 0 radical (unpaired) electrons. The van der Waals surface area contributed by atoms with Crippen molar-refractivity contribution in [2.24, 2.45) is 0 Å². The van der Waals surface area contributed by atoms with Crippen molar-refractivity contribution in [1.29, 1.82) is 0 Å². The van der Waals surface area contributed by atoms with E-state index in [4.69, 9.17) is 16.7 Å². The SMILES string of the molecule is C=C(C(=O)O)c1ccc2c(c1)Cc1cc(Cl)ccc1S2. The van der Waals surface area contributed by atoms with Gasteiger partial charge in [0.25, 0.3) is 0 Å². The van der Waals surface area contributed by atoms with Gasteiger partial charge in [-0.3, -0.25) is 0 Å². The highest BCUT2D eigenvalue weighted by molar-refractivity contribution is 7.99. The molecule has 0 unspecified atom stereocenters. The Morgan fingerprint density at radius 3 is 2.50 bits per heavy atom. The minimum atomic E-state index is -0.989. The van der Waals surface area contributed by atoms with E-state index >= 15 is 0 Å². The van der Waals surface area contributed by atoms with Gasteiger partial charge in [-0.25, -0.2) is 4.79 Å². The third-order valence-electron chi connectivity index (χ3n) is 3.29. The molecule has 1 aliphatic heterocycles. The summed E-state index contributed by atoms with van der Waals surface area (Å²) in [6.07, 6.45) is 0.763. The molecule has 0 bridgehead atoms. The maximum Gasteiger partial charge on any atom is 0.335 e. The summed E-state index contributed by atoms with van der Waals surface area (Å²) in [5, 5.41) is 9.73. The summed E-state index contributed by atoms with van der Waals surface area (Å²) in [5.41, 5.74) is 3.06. The number of benzene rings is 2. The molecule has 2 aromatic carbocycles. The number of carbonyl (C=O) groups is 1. The lowest BCUT2D eigenvalue weighted by molar-refractivity contribution is -0.130. The molecule has 0 fully saturated rings. The zero-order chi connectivity index (χ0) is 14.3. The van der Waals surface area contributed by atoms with Crippen LogP contribution in [0.1, 0.15) is 16.7 Å². The molecule has 0 saturated heterocycles. The van der Waals surface area contributed by atoms with Crippen LogP contribution in [0.2, 0.25) is 5.02 Å². The molecule has 0 aliphatic carbocycles. The van der Waals surface area contributed by atoms with E-state index in [2.05, 4.69) is 6.58 Å². The number of hydrogen-bond donors (Lipinski definition) is 1. The highest BCUT2D eigenvalue weighted by Crippen LogP contribution is 2.41. The van der Waals surface area contributed by atoms with Gasteiger partial charge in [-0.2, -0.15) is 0 Å². The number of carboxylic acid groups (broad SMARTS) is 1. The molecule has 2 aromatic rings. The summed E-state index contributed by atoms with van der Waals surface area (Å²) < 4.78 is 0. The molecule has 1 heterocycles. The first-order valence-corrected chi connectivity index (χ1v) is 7.26. The molecule has 1 N–H and O–H groups in total. The highest BCUT2D eigenvalue weighted by Gasteiger charge is 2.18. The summed E-state index contributed by atoms with van der Waals surface area (Å²) in [6, 6.07) is 11.5. The lowest BCUT2D eigenvalue weighted by Crippen LogP contribution is -2.03. The molecule has 1 aliphatic rings. The van der Waals surface area contributed by atoms with Crippen LogP contribution in [0.4, 0.5) is 0 Å². The van der Waals surface area contributed by atoms with Crippen molar-refractivity contribution in [3.63, 3.8) is 0 Å². The Kier molecular flexibility index (Phi) is 3.32. The highest BCUT2D eigenvalue weighted by atomic mass is 35.5. The number of halogens is 1. The second-order valence-electron chi connectivity index (χ2n) is 4.64. The first-order valence-electron chi connectivity index (χ1n) is 6.06. The Morgan fingerprint density at radius 1 is 1.15 bits per heavy atom. The van der Waals surface area contributed by atoms with E-state index in [-0.39, 0.29) is 5.57 Å². The van der Waals surface area contributed by atoms with Crippen molar-refractivity contribution in [3.8, 4) is 0 Å². The third-order valence-corrected chi connectivity index (χ3v) is 4.76.